The molecule has 0 aromatic heterocycles. The topological polar surface area (TPSA) is 57.6 Å². The van der Waals surface area contributed by atoms with Crippen molar-refractivity contribution in [3.63, 3.8) is 0 Å². The number of likely N-dealkylation sites (tertiary alicyclic amines) is 1. The number of carbonyl (C=O) groups excluding carboxylic acids is 1. The number of carboxylic acids is 1. The van der Waals surface area contributed by atoms with Crippen LogP contribution in [0.15, 0.2) is 30.3 Å². The minimum absolute atomic E-state index is 0.0426. The molecule has 1 aromatic carbocycles. The number of aliphatic carboxylic acids is 1. The number of carboxylic acid groups (broad SMARTS) is 1. The number of nitrogens with zero attached hydrogens (tertiary/aromatic N) is 1. The monoisotopic (exact) mass is 275 g/mol. The first kappa shape index (κ1) is 14.6. The lowest BCUT2D eigenvalue weighted by molar-refractivity contribution is -0.142. The highest BCUT2D eigenvalue weighted by molar-refractivity contribution is 5.81. The Bertz CT molecular complexity index is 486. The molecule has 0 bridgehead atoms. The fraction of sp³-hybridized carbons (Fsp3) is 0.500. The third kappa shape index (κ3) is 2.84. The molecule has 1 saturated heterocycles. The molecule has 4 heteroatoms. The zero-order valence-electron chi connectivity index (χ0n) is 12.0. The quantitative estimate of drug-likeness (QED) is 0.917. The van der Waals surface area contributed by atoms with E-state index in [1.165, 1.54) is 0 Å². The Hall–Kier alpha value is -1.84. The summed E-state index contributed by atoms with van der Waals surface area (Å²) in [4.78, 5) is 25.4. The molecule has 1 heterocycles. The third-order valence-corrected chi connectivity index (χ3v) is 4.21. The van der Waals surface area contributed by atoms with E-state index >= 15 is 0 Å². The Balaban J connectivity index is 2.20. The van der Waals surface area contributed by atoms with E-state index in [1.54, 1.807) is 4.90 Å². The van der Waals surface area contributed by atoms with Crippen molar-refractivity contribution in [3.05, 3.63) is 35.9 Å². The molecular weight excluding hydrogens is 254 g/mol. The first-order valence-corrected chi connectivity index (χ1v) is 7.11. The maximum atomic E-state index is 12.3. The van der Waals surface area contributed by atoms with Crippen molar-refractivity contribution >= 4 is 11.9 Å². The minimum atomic E-state index is -0.821. The first-order chi connectivity index (χ1) is 9.54. The van der Waals surface area contributed by atoms with Gasteiger partial charge in [0.05, 0.1) is 5.92 Å². The summed E-state index contributed by atoms with van der Waals surface area (Å²) in [6.07, 6.45) is 0.781. The lowest BCUT2D eigenvalue weighted by Gasteiger charge is -2.20. The molecule has 0 spiro atoms. The van der Waals surface area contributed by atoms with Crippen molar-refractivity contribution < 1.29 is 14.7 Å². The lowest BCUT2D eigenvalue weighted by atomic mass is 9.89. The van der Waals surface area contributed by atoms with Gasteiger partial charge in [-0.25, -0.2) is 0 Å². The van der Waals surface area contributed by atoms with Crippen molar-refractivity contribution in [2.24, 2.45) is 11.8 Å². The van der Waals surface area contributed by atoms with Crippen LogP contribution in [0.1, 0.15) is 31.7 Å². The van der Waals surface area contributed by atoms with E-state index in [0.717, 1.165) is 12.0 Å². The maximum absolute atomic E-state index is 12.3. The molecule has 0 radical (unpaired) electrons. The second kappa shape index (κ2) is 6.07. The molecule has 1 aliphatic heterocycles. The molecule has 0 saturated carbocycles. The van der Waals surface area contributed by atoms with Gasteiger partial charge in [-0.1, -0.05) is 44.2 Å². The molecule has 0 aliphatic carbocycles. The second-order valence-electron chi connectivity index (χ2n) is 5.51. The molecule has 1 aliphatic rings. The summed E-state index contributed by atoms with van der Waals surface area (Å²) >= 11 is 0. The van der Waals surface area contributed by atoms with Crippen LogP contribution in [0.3, 0.4) is 0 Å². The SMILES string of the molecule is CCC(C)C(=O)N1CC(C(=O)O)C(c2ccccc2)C1. The van der Waals surface area contributed by atoms with E-state index in [9.17, 15) is 14.7 Å². The number of benzene rings is 1. The average Bonchev–Trinajstić information content (AvgIpc) is 2.92. The van der Waals surface area contributed by atoms with Crippen LogP contribution in [0, 0.1) is 11.8 Å². The molecule has 1 fully saturated rings. The van der Waals surface area contributed by atoms with E-state index in [-0.39, 0.29) is 17.7 Å². The molecule has 108 valence electrons. The van der Waals surface area contributed by atoms with Gasteiger partial charge in [0.25, 0.3) is 0 Å². The number of carbonyl (C=O) groups is 2. The average molecular weight is 275 g/mol. The predicted octanol–water partition coefficient (Wildman–Crippen LogP) is 2.36. The van der Waals surface area contributed by atoms with Crippen molar-refractivity contribution in [2.75, 3.05) is 13.1 Å². The molecule has 3 unspecified atom stereocenters. The van der Waals surface area contributed by atoms with Crippen LogP contribution >= 0.6 is 0 Å². The van der Waals surface area contributed by atoms with Gasteiger partial charge in [-0.2, -0.15) is 0 Å². The molecule has 20 heavy (non-hydrogen) atoms. The van der Waals surface area contributed by atoms with Crippen LogP contribution in [0.25, 0.3) is 0 Å². The van der Waals surface area contributed by atoms with Gasteiger partial charge < -0.3 is 10.0 Å². The number of hydrogen-bond acceptors (Lipinski definition) is 2. The molecule has 3 atom stereocenters. The Morgan fingerprint density at radius 3 is 2.50 bits per heavy atom. The zero-order valence-corrected chi connectivity index (χ0v) is 12.0. The van der Waals surface area contributed by atoms with Crippen LogP contribution in [0.4, 0.5) is 0 Å². The molecule has 1 aromatic rings. The summed E-state index contributed by atoms with van der Waals surface area (Å²) in [7, 11) is 0. The van der Waals surface area contributed by atoms with E-state index in [1.807, 2.05) is 44.2 Å². The minimum Gasteiger partial charge on any atom is -0.481 e. The molecule has 4 nitrogen and oxygen atoms in total. The predicted molar refractivity (Wildman–Crippen MR) is 76.3 cm³/mol. The van der Waals surface area contributed by atoms with Gasteiger partial charge in [0.2, 0.25) is 5.91 Å². The molecule has 1 N–H and O–H groups in total. The second-order valence-corrected chi connectivity index (χ2v) is 5.51. The summed E-state index contributed by atoms with van der Waals surface area (Å²) in [6, 6.07) is 9.62. The fourth-order valence-electron chi connectivity index (χ4n) is 2.76. The van der Waals surface area contributed by atoms with Gasteiger partial charge in [-0.15, -0.1) is 0 Å². The highest BCUT2D eigenvalue weighted by atomic mass is 16.4. The molecule has 1 amide bonds. The largest absolute Gasteiger partial charge is 0.481 e. The summed E-state index contributed by atoms with van der Waals surface area (Å²) < 4.78 is 0. The van der Waals surface area contributed by atoms with Crippen molar-refractivity contribution in [2.45, 2.75) is 26.2 Å². The fourth-order valence-corrected chi connectivity index (χ4v) is 2.76. The van der Waals surface area contributed by atoms with Crippen molar-refractivity contribution in [1.29, 1.82) is 0 Å². The maximum Gasteiger partial charge on any atom is 0.308 e. The van der Waals surface area contributed by atoms with Crippen LogP contribution in [-0.4, -0.2) is 35.0 Å². The summed E-state index contributed by atoms with van der Waals surface area (Å²) in [5, 5.41) is 9.40. The van der Waals surface area contributed by atoms with Crippen LogP contribution in [0.2, 0.25) is 0 Å². The Morgan fingerprint density at radius 1 is 1.30 bits per heavy atom. The Morgan fingerprint density at radius 2 is 1.95 bits per heavy atom. The van der Waals surface area contributed by atoms with Crippen LogP contribution < -0.4 is 0 Å². The van der Waals surface area contributed by atoms with Gasteiger partial charge in [-0.05, 0) is 12.0 Å². The molecule has 2 rings (SSSR count). The summed E-state index contributed by atoms with van der Waals surface area (Å²) in [5.74, 6) is -1.42. The van der Waals surface area contributed by atoms with Gasteiger partial charge in [0.15, 0.2) is 0 Å². The van der Waals surface area contributed by atoms with Gasteiger partial charge in [0, 0.05) is 24.9 Å². The van der Waals surface area contributed by atoms with Gasteiger partial charge in [0.1, 0.15) is 0 Å². The van der Waals surface area contributed by atoms with Gasteiger partial charge >= 0.3 is 5.97 Å². The van der Waals surface area contributed by atoms with Crippen molar-refractivity contribution in [1.82, 2.24) is 4.90 Å². The van der Waals surface area contributed by atoms with E-state index in [2.05, 4.69) is 0 Å². The third-order valence-electron chi connectivity index (χ3n) is 4.21. The van der Waals surface area contributed by atoms with E-state index in [4.69, 9.17) is 0 Å². The number of rotatable bonds is 4. The van der Waals surface area contributed by atoms with Crippen LogP contribution in [0.5, 0.6) is 0 Å². The summed E-state index contributed by atoms with van der Waals surface area (Å²) in [6.45, 7) is 4.69. The Kier molecular flexibility index (Phi) is 4.42. The number of hydrogen-bond donors (Lipinski definition) is 1. The zero-order chi connectivity index (χ0) is 14.7. The highest BCUT2D eigenvalue weighted by Gasteiger charge is 2.40. The number of amides is 1. The van der Waals surface area contributed by atoms with E-state index in [0.29, 0.717) is 13.1 Å². The molecular formula is C16H21NO3. The highest BCUT2D eigenvalue weighted by Crippen LogP contribution is 2.33. The summed E-state index contributed by atoms with van der Waals surface area (Å²) in [5.41, 5.74) is 0.999. The Labute approximate surface area is 119 Å². The van der Waals surface area contributed by atoms with E-state index < -0.39 is 11.9 Å². The first-order valence-electron chi connectivity index (χ1n) is 7.11. The van der Waals surface area contributed by atoms with Gasteiger partial charge in [-0.3, -0.25) is 9.59 Å². The van der Waals surface area contributed by atoms with Crippen LogP contribution in [-0.2, 0) is 9.59 Å². The lowest BCUT2D eigenvalue weighted by Crippen LogP contribution is -2.33. The van der Waals surface area contributed by atoms with Crippen molar-refractivity contribution in [3.8, 4) is 0 Å². The standard InChI is InChI=1S/C16H21NO3/c1-3-11(2)15(18)17-9-13(14(10-17)16(19)20)12-7-5-4-6-8-12/h4-8,11,13-14H,3,9-10H2,1-2H3,(H,19,20). The smallest absolute Gasteiger partial charge is 0.308 e. The normalized spacial score (nSPS) is 23.6.